The van der Waals surface area contributed by atoms with Crippen LogP contribution in [0.15, 0.2) is 15.9 Å². The number of hydrogen-bond acceptors (Lipinski definition) is 4. The molecule has 1 N–H and O–H groups in total. The second-order valence-corrected chi connectivity index (χ2v) is 6.80. The molecule has 0 radical (unpaired) electrons. The minimum absolute atomic E-state index is 0.404. The minimum atomic E-state index is -0.757. The average molecular weight is 330 g/mol. The summed E-state index contributed by atoms with van der Waals surface area (Å²) in [4.78, 5) is 17.8. The van der Waals surface area contributed by atoms with E-state index in [2.05, 4.69) is 20.9 Å². The van der Waals surface area contributed by atoms with E-state index in [9.17, 15) is 4.79 Å². The van der Waals surface area contributed by atoms with Crippen molar-refractivity contribution >= 4 is 44.6 Å². The fourth-order valence-corrected chi connectivity index (χ4v) is 4.63. The lowest BCUT2D eigenvalue weighted by Crippen LogP contribution is -2.08. The summed E-state index contributed by atoms with van der Waals surface area (Å²) in [6.45, 7) is 0. The molecular weight excluding hydrogens is 322 g/mol. The molecule has 1 atom stereocenters. The minimum Gasteiger partial charge on any atom is -0.481 e. The molecule has 3 nitrogen and oxygen atoms in total. The lowest BCUT2D eigenvalue weighted by Gasteiger charge is -2.00. The molecule has 0 aromatic carbocycles. The lowest BCUT2D eigenvalue weighted by atomic mass is 10.1. The maximum Gasteiger partial charge on any atom is 0.312 e. The number of rotatable bonds is 2. The molecule has 1 aliphatic carbocycles. The predicted octanol–water partition coefficient (Wildman–Crippen LogP) is 3.75. The molecule has 1 unspecified atom stereocenters. The average Bonchev–Trinajstić information content (AvgIpc) is 2.89. The molecule has 6 heteroatoms. The molecule has 0 spiro atoms. The third-order valence-corrected chi connectivity index (χ3v) is 5.79. The third-order valence-electron chi connectivity index (χ3n) is 2.79. The fourth-order valence-electron chi connectivity index (χ4n) is 2.00. The summed E-state index contributed by atoms with van der Waals surface area (Å²) in [5.41, 5.74) is 0.780. The van der Waals surface area contributed by atoms with Crippen molar-refractivity contribution in [3.63, 3.8) is 0 Å². The normalized spacial score (nSPS) is 18.3. The summed E-state index contributed by atoms with van der Waals surface area (Å²) in [5.74, 6) is -1.16. The van der Waals surface area contributed by atoms with E-state index in [0.29, 0.717) is 6.42 Å². The molecule has 1 aliphatic rings. The smallest absolute Gasteiger partial charge is 0.312 e. The Labute approximate surface area is 114 Å². The first-order valence-corrected chi connectivity index (χ1v) is 7.61. The number of thiazole rings is 1. The van der Waals surface area contributed by atoms with Crippen LogP contribution in [0.2, 0.25) is 0 Å². The molecule has 0 fully saturated rings. The zero-order valence-corrected chi connectivity index (χ0v) is 11.9. The zero-order chi connectivity index (χ0) is 12.0. The Morgan fingerprint density at radius 1 is 1.59 bits per heavy atom. The van der Waals surface area contributed by atoms with E-state index >= 15 is 0 Å². The number of aryl methyl sites for hydroxylation is 1. The molecule has 0 saturated carbocycles. The Kier molecular flexibility index (Phi) is 2.80. The predicted molar refractivity (Wildman–Crippen MR) is 71.8 cm³/mol. The molecule has 2 aromatic heterocycles. The number of fused-ring (bicyclic) bond motifs is 1. The fraction of sp³-hybridized carbons (Fsp3) is 0.273. The van der Waals surface area contributed by atoms with Crippen molar-refractivity contribution in [3.8, 4) is 9.88 Å². The summed E-state index contributed by atoms with van der Waals surface area (Å²) in [5, 5.41) is 12.1. The number of carbonyl (C=O) groups is 1. The summed E-state index contributed by atoms with van der Waals surface area (Å²) in [6.07, 6.45) is 1.54. The molecule has 3 rings (SSSR count). The van der Waals surface area contributed by atoms with Crippen molar-refractivity contribution in [1.82, 2.24) is 4.98 Å². The highest BCUT2D eigenvalue weighted by Crippen LogP contribution is 2.41. The largest absolute Gasteiger partial charge is 0.481 e. The number of hydrogen-bond donors (Lipinski definition) is 1. The van der Waals surface area contributed by atoms with Crippen LogP contribution in [0.1, 0.15) is 22.9 Å². The quantitative estimate of drug-likeness (QED) is 0.912. The number of carboxylic acid groups (broad SMARTS) is 1. The van der Waals surface area contributed by atoms with Gasteiger partial charge in [0, 0.05) is 14.7 Å². The van der Waals surface area contributed by atoms with Crippen LogP contribution >= 0.6 is 38.6 Å². The van der Waals surface area contributed by atoms with Gasteiger partial charge in [-0.3, -0.25) is 4.79 Å². The number of aromatic nitrogens is 1. The maximum absolute atomic E-state index is 11.1. The van der Waals surface area contributed by atoms with Crippen molar-refractivity contribution < 1.29 is 9.90 Å². The van der Waals surface area contributed by atoms with E-state index in [1.165, 1.54) is 0 Å². The van der Waals surface area contributed by atoms with E-state index in [0.717, 1.165) is 31.3 Å². The first-order chi connectivity index (χ1) is 8.15. The van der Waals surface area contributed by atoms with Gasteiger partial charge >= 0.3 is 5.97 Å². The molecule has 17 heavy (non-hydrogen) atoms. The Morgan fingerprint density at radius 2 is 2.41 bits per heavy atom. The van der Waals surface area contributed by atoms with Crippen LogP contribution in [0.5, 0.6) is 0 Å². The van der Waals surface area contributed by atoms with E-state index in [4.69, 9.17) is 5.11 Å². The molecule has 0 saturated heterocycles. The van der Waals surface area contributed by atoms with E-state index in [1.54, 1.807) is 22.7 Å². The summed E-state index contributed by atoms with van der Waals surface area (Å²) < 4.78 is 1.04. The molecule has 0 aliphatic heterocycles. The lowest BCUT2D eigenvalue weighted by molar-refractivity contribution is -0.138. The molecule has 0 bridgehead atoms. The van der Waals surface area contributed by atoms with Crippen LogP contribution < -0.4 is 0 Å². The SMILES string of the molecule is O=C(O)C1CCc2sc(-c3cc(Br)cs3)nc21. The molecule has 88 valence electrons. The second-order valence-electron chi connectivity index (χ2n) is 3.89. The van der Waals surface area contributed by atoms with Gasteiger partial charge in [-0.2, -0.15) is 0 Å². The number of aliphatic carboxylic acids is 1. The maximum atomic E-state index is 11.1. The number of carboxylic acids is 1. The standard InChI is InChI=1S/C11H8BrNO2S2/c12-5-3-8(16-4-5)10-13-9-6(11(14)15)1-2-7(9)17-10/h3-4,6H,1-2H2,(H,14,15). The van der Waals surface area contributed by atoms with E-state index in [-0.39, 0.29) is 0 Å². The van der Waals surface area contributed by atoms with Crippen molar-refractivity contribution in [2.75, 3.05) is 0 Å². The highest BCUT2D eigenvalue weighted by atomic mass is 79.9. The second kappa shape index (κ2) is 4.19. The molecular formula is C11H8BrNO2S2. The van der Waals surface area contributed by atoms with Crippen LogP contribution in [-0.4, -0.2) is 16.1 Å². The van der Waals surface area contributed by atoms with Gasteiger partial charge in [-0.15, -0.1) is 22.7 Å². The van der Waals surface area contributed by atoms with Crippen LogP contribution in [0.4, 0.5) is 0 Å². The van der Waals surface area contributed by atoms with Gasteiger partial charge in [-0.05, 0) is 34.8 Å². The van der Waals surface area contributed by atoms with Gasteiger partial charge in [-0.1, -0.05) is 0 Å². The van der Waals surface area contributed by atoms with Gasteiger partial charge in [0.25, 0.3) is 0 Å². The Bertz CT molecular complexity index is 590. The third kappa shape index (κ3) is 1.94. The topological polar surface area (TPSA) is 50.2 Å². The molecule has 0 amide bonds. The monoisotopic (exact) mass is 329 g/mol. The van der Waals surface area contributed by atoms with Gasteiger partial charge in [0.15, 0.2) is 0 Å². The number of thiophene rings is 1. The van der Waals surface area contributed by atoms with Crippen molar-refractivity contribution in [2.24, 2.45) is 0 Å². The van der Waals surface area contributed by atoms with Crippen molar-refractivity contribution in [1.29, 1.82) is 0 Å². The Balaban J connectivity index is 2.01. The van der Waals surface area contributed by atoms with Crippen molar-refractivity contribution in [2.45, 2.75) is 18.8 Å². The number of nitrogens with zero attached hydrogens (tertiary/aromatic N) is 1. The van der Waals surface area contributed by atoms with Crippen molar-refractivity contribution in [3.05, 3.63) is 26.5 Å². The Hall–Kier alpha value is -0.720. The summed E-state index contributed by atoms with van der Waals surface area (Å²) >= 11 is 6.66. The Morgan fingerprint density at radius 3 is 3.06 bits per heavy atom. The number of halogens is 1. The van der Waals surface area contributed by atoms with E-state index in [1.807, 2.05) is 11.4 Å². The van der Waals surface area contributed by atoms with Crippen LogP contribution in [-0.2, 0) is 11.2 Å². The van der Waals surface area contributed by atoms with Gasteiger partial charge < -0.3 is 5.11 Å². The summed E-state index contributed by atoms with van der Waals surface area (Å²) in [6, 6.07) is 2.02. The van der Waals surface area contributed by atoms with Crippen LogP contribution in [0.25, 0.3) is 9.88 Å². The van der Waals surface area contributed by atoms with Gasteiger partial charge in [-0.25, -0.2) is 4.98 Å². The molecule has 2 heterocycles. The molecule has 2 aromatic rings. The van der Waals surface area contributed by atoms with Crippen LogP contribution in [0, 0.1) is 0 Å². The van der Waals surface area contributed by atoms with Gasteiger partial charge in [0.1, 0.15) is 10.9 Å². The highest BCUT2D eigenvalue weighted by Gasteiger charge is 2.32. The first-order valence-electron chi connectivity index (χ1n) is 5.12. The van der Waals surface area contributed by atoms with E-state index < -0.39 is 11.9 Å². The van der Waals surface area contributed by atoms with Gasteiger partial charge in [0.2, 0.25) is 0 Å². The first kappa shape index (κ1) is 11.4. The summed E-state index contributed by atoms with van der Waals surface area (Å²) in [7, 11) is 0. The highest BCUT2D eigenvalue weighted by molar-refractivity contribution is 9.10. The zero-order valence-electron chi connectivity index (χ0n) is 8.64. The van der Waals surface area contributed by atoms with Crippen LogP contribution in [0.3, 0.4) is 0 Å². The van der Waals surface area contributed by atoms with Gasteiger partial charge in [0.05, 0.1) is 10.6 Å².